The standard InChI is InChI=1S/C10H17NO3/c1-3-5-6-7-8-10(13)14-11-9(12)4-2/h4H,2-3,5-8H2,1H3,(H,11,12). The van der Waals surface area contributed by atoms with Crippen LogP contribution >= 0.6 is 0 Å². The maximum Gasteiger partial charge on any atom is 0.332 e. The van der Waals surface area contributed by atoms with Crippen LogP contribution in [0.4, 0.5) is 0 Å². The number of hydrogen-bond donors (Lipinski definition) is 1. The number of amides is 1. The molecule has 4 nitrogen and oxygen atoms in total. The topological polar surface area (TPSA) is 55.4 Å². The van der Waals surface area contributed by atoms with E-state index in [-0.39, 0.29) is 0 Å². The Morgan fingerprint density at radius 2 is 2.07 bits per heavy atom. The number of rotatable bonds is 6. The maximum absolute atomic E-state index is 11.0. The lowest BCUT2D eigenvalue weighted by molar-refractivity contribution is -0.156. The molecule has 0 aromatic rings. The largest absolute Gasteiger partial charge is 0.341 e. The molecule has 0 saturated heterocycles. The van der Waals surface area contributed by atoms with Gasteiger partial charge >= 0.3 is 5.97 Å². The van der Waals surface area contributed by atoms with Gasteiger partial charge < -0.3 is 4.84 Å². The van der Waals surface area contributed by atoms with E-state index < -0.39 is 11.9 Å². The second kappa shape index (κ2) is 8.29. The molecule has 0 heterocycles. The minimum absolute atomic E-state index is 0.345. The van der Waals surface area contributed by atoms with Crippen LogP contribution in [0.25, 0.3) is 0 Å². The molecular formula is C10H17NO3. The van der Waals surface area contributed by atoms with Crippen molar-refractivity contribution in [2.24, 2.45) is 0 Å². The molecule has 0 spiro atoms. The molecule has 0 unspecified atom stereocenters. The van der Waals surface area contributed by atoms with Crippen molar-refractivity contribution in [1.82, 2.24) is 5.48 Å². The molecule has 0 rings (SSSR count). The summed E-state index contributed by atoms with van der Waals surface area (Å²) >= 11 is 0. The molecule has 0 aliphatic heterocycles. The van der Waals surface area contributed by atoms with Crippen LogP contribution in [0.5, 0.6) is 0 Å². The summed E-state index contributed by atoms with van der Waals surface area (Å²) in [6, 6.07) is 0. The SMILES string of the molecule is C=CC(=O)NOC(=O)CCCCCC. The van der Waals surface area contributed by atoms with Gasteiger partial charge in [-0.25, -0.2) is 4.79 Å². The molecule has 0 radical (unpaired) electrons. The summed E-state index contributed by atoms with van der Waals surface area (Å²) in [7, 11) is 0. The van der Waals surface area contributed by atoms with Gasteiger partial charge in [0.2, 0.25) is 0 Å². The number of nitrogens with one attached hydrogen (secondary N) is 1. The number of carbonyl (C=O) groups excluding carboxylic acids is 2. The van der Waals surface area contributed by atoms with Gasteiger partial charge in [-0.15, -0.1) is 0 Å². The smallest absolute Gasteiger partial charge is 0.332 e. The molecule has 14 heavy (non-hydrogen) atoms. The molecule has 0 aliphatic rings. The molecule has 1 N–H and O–H groups in total. The van der Waals surface area contributed by atoms with Crippen LogP contribution in [0, 0.1) is 0 Å². The molecule has 0 saturated carbocycles. The van der Waals surface area contributed by atoms with E-state index in [1.165, 1.54) is 0 Å². The van der Waals surface area contributed by atoms with E-state index in [1.807, 2.05) is 5.48 Å². The third kappa shape index (κ3) is 7.34. The predicted molar refractivity (Wildman–Crippen MR) is 53.2 cm³/mol. The lowest BCUT2D eigenvalue weighted by Crippen LogP contribution is -2.24. The van der Waals surface area contributed by atoms with Crippen LogP contribution in [0.15, 0.2) is 12.7 Å². The normalized spacial score (nSPS) is 9.21. The van der Waals surface area contributed by atoms with Gasteiger partial charge in [0, 0.05) is 6.42 Å². The summed E-state index contributed by atoms with van der Waals surface area (Å²) in [6.45, 7) is 5.32. The van der Waals surface area contributed by atoms with Crippen molar-refractivity contribution in [3.05, 3.63) is 12.7 Å². The third-order valence-corrected chi connectivity index (χ3v) is 1.69. The fraction of sp³-hybridized carbons (Fsp3) is 0.600. The Kier molecular flexibility index (Phi) is 7.50. The Morgan fingerprint density at radius 3 is 2.64 bits per heavy atom. The Morgan fingerprint density at radius 1 is 1.36 bits per heavy atom. The lowest BCUT2D eigenvalue weighted by atomic mass is 10.2. The Labute approximate surface area is 84.3 Å². The first-order valence-electron chi connectivity index (χ1n) is 4.82. The average Bonchev–Trinajstić information content (AvgIpc) is 2.21. The Balaban J connectivity index is 3.37. The van der Waals surface area contributed by atoms with E-state index in [4.69, 9.17) is 0 Å². The van der Waals surface area contributed by atoms with E-state index in [2.05, 4.69) is 18.3 Å². The monoisotopic (exact) mass is 199 g/mol. The molecule has 0 fully saturated rings. The predicted octanol–water partition coefficient (Wildman–Crippen LogP) is 1.72. The Hall–Kier alpha value is -1.32. The van der Waals surface area contributed by atoms with E-state index in [0.29, 0.717) is 6.42 Å². The van der Waals surface area contributed by atoms with Crippen LogP contribution in [0.2, 0.25) is 0 Å². The zero-order chi connectivity index (χ0) is 10.8. The number of unbranched alkanes of at least 4 members (excludes halogenated alkanes) is 3. The molecular weight excluding hydrogens is 182 g/mol. The summed E-state index contributed by atoms with van der Waals surface area (Å²) in [4.78, 5) is 26.0. The van der Waals surface area contributed by atoms with Crippen molar-refractivity contribution in [1.29, 1.82) is 0 Å². The minimum Gasteiger partial charge on any atom is -0.341 e. The summed E-state index contributed by atoms with van der Waals surface area (Å²) in [5, 5.41) is 0. The molecule has 0 bridgehead atoms. The number of hydrogen-bond acceptors (Lipinski definition) is 3. The number of carbonyl (C=O) groups is 2. The molecule has 80 valence electrons. The van der Waals surface area contributed by atoms with Gasteiger partial charge in [0.25, 0.3) is 5.91 Å². The van der Waals surface area contributed by atoms with Gasteiger partial charge in [-0.2, -0.15) is 5.48 Å². The highest BCUT2D eigenvalue weighted by molar-refractivity contribution is 5.87. The zero-order valence-electron chi connectivity index (χ0n) is 8.54. The molecule has 4 heteroatoms. The van der Waals surface area contributed by atoms with Gasteiger partial charge in [-0.1, -0.05) is 32.8 Å². The second-order valence-electron chi connectivity index (χ2n) is 2.96. The summed E-state index contributed by atoms with van der Waals surface area (Å²) in [6.07, 6.45) is 5.45. The maximum atomic E-state index is 11.0. The molecule has 0 aromatic heterocycles. The van der Waals surface area contributed by atoms with Gasteiger partial charge in [0.05, 0.1) is 0 Å². The minimum atomic E-state index is -0.507. The van der Waals surface area contributed by atoms with E-state index in [9.17, 15) is 9.59 Å². The quantitative estimate of drug-likeness (QED) is 0.402. The Bertz CT molecular complexity index is 202. The zero-order valence-corrected chi connectivity index (χ0v) is 8.54. The van der Waals surface area contributed by atoms with E-state index >= 15 is 0 Å². The van der Waals surface area contributed by atoms with Gasteiger partial charge in [0.15, 0.2) is 0 Å². The summed E-state index contributed by atoms with van der Waals surface area (Å²) < 4.78 is 0. The van der Waals surface area contributed by atoms with Crippen LogP contribution in [-0.2, 0) is 14.4 Å². The highest BCUT2D eigenvalue weighted by Crippen LogP contribution is 2.02. The van der Waals surface area contributed by atoms with Crippen molar-refractivity contribution in [3.63, 3.8) is 0 Å². The van der Waals surface area contributed by atoms with Crippen LogP contribution in [0.3, 0.4) is 0 Å². The van der Waals surface area contributed by atoms with Crippen molar-refractivity contribution in [3.8, 4) is 0 Å². The first-order chi connectivity index (χ1) is 6.70. The average molecular weight is 199 g/mol. The first kappa shape index (κ1) is 12.7. The molecule has 0 aromatic carbocycles. The molecule has 0 aliphatic carbocycles. The molecule has 1 amide bonds. The van der Waals surface area contributed by atoms with Crippen molar-refractivity contribution in [2.45, 2.75) is 39.0 Å². The summed E-state index contributed by atoms with van der Waals surface area (Å²) in [5.74, 6) is -0.914. The third-order valence-electron chi connectivity index (χ3n) is 1.69. The fourth-order valence-corrected chi connectivity index (χ4v) is 0.896. The van der Waals surface area contributed by atoms with Gasteiger partial charge in [-0.05, 0) is 12.5 Å². The van der Waals surface area contributed by atoms with Crippen LogP contribution < -0.4 is 5.48 Å². The van der Waals surface area contributed by atoms with Crippen molar-refractivity contribution in [2.75, 3.05) is 0 Å². The highest BCUT2D eigenvalue weighted by atomic mass is 16.7. The van der Waals surface area contributed by atoms with Gasteiger partial charge in [-0.3, -0.25) is 4.79 Å². The highest BCUT2D eigenvalue weighted by Gasteiger charge is 2.03. The summed E-state index contributed by atoms with van der Waals surface area (Å²) in [5.41, 5.74) is 1.97. The second-order valence-corrected chi connectivity index (χ2v) is 2.96. The van der Waals surface area contributed by atoms with Gasteiger partial charge in [0.1, 0.15) is 0 Å². The van der Waals surface area contributed by atoms with Crippen molar-refractivity contribution >= 4 is 11.9 Å². The van der Waals surface area contributed by atoms with Crippen LogP contribution in [0.1, 0.15) is 39.0 Å². The van der Waals surface area contributed by atoms with Crippen molar-refractivity contribution < 1.29 is 14.4 Å². The number of hydroxylamine groups is 1. The van der Waals surface area contributed by atoms with E-state index in [0.717, 1.165) is 31.8 Å². The van der Waals surface area contributed by atoms with E-state index in [1.54, 1.807) is 0 Å². The molecule has 0 atom stereocenters. The lowest BCUT2D eigenvalue weighted by Gasteiger charge is -2.02. The first-order valence-corrected chi connectivity index (χ1v) is 4.82. The fourth-order valence-electron chi connectivity index (χ4n) is 0.896. The van der Waals surface area contributed by atoms with Crippen LogP contribution in [-0.4, -0.2) is 11.9 Å².